The Morgan fingerprint density at radius 3 is 2.50 bits per heavy atom. The summed E-state index contributed by atoms with van der Waals surface area (Å²) >= 11 is 0. The van der Waals surface area contributed by atoms with Crippen molar-refractivity contribution in [1.29, 1.82) is 0 Å². The molecule has 0 aromatic heterocycles. The van der Waals surface area contributed by atoms with Crippen molar-refractivity contribution in [3.8, 4) is 0 Å². The average molecular weight is 175 g/mol. The van der Waals surface area contributed by atoms with Crippen LogP contribution in [0.3, 0.4) is 0 Å². The Morgan fingerprint density at radius 1 is 1.42 bits per heavy atom. The molecular formula is C9H21NO2. The van der Waals surface area contributed by atoms with E-state index in [-0.39, 0.29) is 12.1 Å². The minimum Gasteiger partial charge on any atom is -0.394 e. The van der Waals surface area contributed by atoms with Crippen molar-refractivity contribution < 1.29 is 9.84 Å². The molecule has 0 aliphatic carbocycles. The summed E-state index contributed by atoms with van der Waals surface area (Å²) in [5.74, 6) is 0. The van der Waals surface area contributed by atoms with Gasteiger partial charge in [-0.2, -0.15) is 0 Å². The summed E-state index contributed by atoms with van der Waals surface area (Å²) in [7, 11) is 0. The molecule has 0 bridgehead atoms. The lowest BCUT2D eigenvalue weighted by Crippen LogP contribution is -2.46. The van der Waals surface area contributed by atoms with E-state index >= 15 is 0 Å². The molecule has 0 saturated heterocycles. The molecule has 1 unspecified atom stereocenters. The van der Waals surface area contributed by atoms with E-state index in [2.05, 4.69) is 5.32 Å². The Labute approximate surface area is 75.1 Å². The monoisotopic (exact) mass is 175 g/mol. The molecule has 0 radical (unpaired) electrons. The van der Waals surface area contributed by atoms with Gasteiger partial charge in [-0.3, -0.25) is 0 Å². The van der Waals surface area contributed by atoms with Crippen LogP contribution in [-0.4, -0.2) is 37.0 Å². The van der Waals surface area contributed by atoms with Gasteiger partial charge in [-0.05, 0) is 26.8 Å². The lowest BCUT2D eigenvalue weighted by molar-refractivity contribution is 0.0947. The van der Waals surface area contributed by atoms with Gasteiger partial charge in [0.15, 0.2) is 0 Å². The molecule has 0 aromatic carbocycles. The highest BCUT2D eigenvalue weighted by atomic mass is 16.5. The van der Waals surface area contributed by atoms with Crippen LogP contribution in [0.2, 0.25) is 0 Å². The smallest absolute Gasteiger partial charge is 0.0611 e. The SMILES string of the molecule is CCNC(C)(CO)CCOCC. The van der Waals surface area contributed by atoms with Gasteiger partial charge in [-0.25, -0.2) is 0 Å². The molecule has 0 heterocycles. The van der Waals surface area contributed by atoms with Crippen molar-refractivity contribution >= 4 is 0 Å². The summed E-state index contributed by atoms with van der Waals surface area (Å²) in [5.41, 5.74) is -0.177. The summed E-state index contributed by atoms with van der Waals surface area (Å²) in [5, 5.41) is 12.3. The molecule has 2 N–H and O–H groups in total. The normalized spacial score (nSPS) is 16.0. The van der Waals surface area contributed by atoms with E-state index in [1.54, 1.807) is 0 Å². The van der Waals surface area contributed by atoms with Crippen LogP contribution in [0.15, 0.2) is 0 Å². The molecule has 0 aromatic rings. The average Bonchev–Trinajstić information content (AvgIpc) is 2.06. The van der Waals surface area contributed by atoms with E-state index in [0.29, 0.717) is 6.61 Å². The Balaban J connectivity index is 3.63. The maximum absolute atomic E-state index is 9.10. The molecule has 12 heavy (non-hydrogen) atoms. The summed E-state index contributed by atoms with van der Waals surface area (Å²) in [6.45, 7) is 8.51. The Hall–Kier alpha value is -0.120. The van der Waals surface area contributed by atoms with Crippen LogP contribution in [0, 0.1) is 0 Å². The van der Waals surface area contributed by atoms with Crippen LogP contribution >= 0.6 is 0 Å². The minimum absolute atomic E-state index is 0.161. The first-order valence-corrected chi connectivity index (χ1v) is 4.62. The zero-order valence-electron chi connectivity index (χ0n) is 8.39. The molecule has 0 rings (SSSR count). The van der Waals surface area contributed by atoms with Crippen molar-refractivity contribution in [1.82, 2.24) is 5.32 Å². The number of aliphatic hydroxyl groups is 1. The van der Waals surface area contributed by atoms with E-state index in [1.807, 2.05) is 20.8 Å². The standard InChI is InChI=1S/C9H21NO2/c1-4-10-9(3,8-11)6-7-12-5-2/h10-11H,4-8H2,1-3H3. The Bertz CT molecular complexity index is 109. The van der Waals surface area contributed by atoms with Crippen molar-refractivity contribution in [3.05, 3.63) is 0 Å². The summed E-state index contributed by atoms with van der Waals surface area (Å²) in [6.07, 6.45) is 0.852. The van der Waals surface area contributed by atoms with Crippen molar-refractivity contribution in [2.24, 2.45) is 0 Å². The predicted molar refractivity (Wildman–Crippen MR) is 50.3 cm³/mol. The van der Waals surface area contributed by atoms with E-state index in [1.165, 1.54) is 0 Å². The van der Waals surface area contributed by atoms with Crippen LogP contribution in [0.4, 0.5) is 0 Å². The lowest BCUT2D eigenvalue weighted by Gasteiger charge is -2.28. The molecule has 0 spiro atoms. The molecule has 74 valence electrons. The maximum atomic E-state index is 9.10. The summed E-state index contributed by atoms with van der Waals surface area (Å²) < 4.78 is 5.23. The zero-order valence-corrected chi connectivity index (χ0v) is 8.39. The van der Waals surface area contributed by atoms with Gasteiger partial charge in [-0.1, -0.05) is 6.92 Å². The molecule has 0 aliphatic rings. The van der Waals surface area contributed by atoms with E-state index < -0.39 is 0 Å². The van der Waals surface area contributed by atoms with Gasteiger partial charge in [0.05, 0.1) is 6.61 Å². The van der Waals surface area contributed by atoms with Crippen molar-refractivity contribution in [2.75, 3.05) is 26.4 Å². The van der Waals surface area contributed by atoms with Crippen LogP contribution in [-0.2, 0) is 4.74 Å². The maximum Gasteiger partial charge on any atom is 0.0611 e. The second kappa shape index (κ2) is 6.40. The highest BCUT2D eigenvalue weighted by molar-refractivity contribution is 4.81. The molecule has 1 atom stereocenters. The highest BCUT2D eigenvalue weighted by Gasteiger charge is 2.20. The second-order valence-corrected chi connectivity index (χ2v) is 3.20. The molecular weight excluding hydrogens is 154 g/mol. The molecule has 0 aliphatic heterocycles. The number of rotatable bonds is 7. The van der Waals surface area contributed by atoms with Gasteiger partial charge in [0.2, 0.25) is 0 Å². The fourth-order valence-corrected chi connectivity index (χ4v) is 1.09. The number of likely N-dealkylation sites (N-methyl/N-ethyl adjacent to an activating group) is 1. The molecule has 3 heteroatoms. The van der Waals surface area contributed by atoms with Crippen LogP contribution in [0.1, 0.15) is 27.2 Å². The van der Waals surface area contributed by atoms with Gasteiger partial charge in [-0.15, -0.1) is 0 Å². The number of hydrogen-bond donors (Lipinski definition) is 2. The topological polar surface area (TPSA) is 41.5 Å². The molecule has 3 nitrogen and oxygen atoms in total. The molecule has 0 amide bonds. The Morgan fingerprint density at radius 2 is 2.08 bits per heavy atom. The fraction of sp³-hybridized carbons (Fsp3) is 1.00. The molecule has 0 saturated carbocycles. The third kappa shape index (κ3) is 4.70. The number of nitrogens with one attached hydrogen (secondary N) is 1. The molecule has 0 fully saturated rings. The van der Waals surface area contributed by atoms with Crippen LogP contribution in [0.25, 0.3) is 0 Å². The van der Waals surface area contributed by atoms with Gasteiger partial charge in [0.25, 0.3) is 0 Å². The van der Waals surface area contributed by atoms with E-state index in [4.69, 9.17) is 9.84 Å². The van der Waals surface area contributed by atoms with Gasteiger partial charge >= 0.3 is 0 Å². The predicted octanol–water partition coefficient (Wildman–Crippen LogP) is 0.773. The van der Waals surface area contributed by atoms with Crippen molar-refractivity contribution in [3.63, 3.8) is 0 Å². The van der Waals surface area contributed by atoms with Crippen molar-refractivity contribution in [2.45, 2.75) is 32.7 Å². The quantitative estimate of drug-likeness (QED) is 0.562. The van der Waals surface area contributed by atoms with Gasteiger partial charge in [0, 0.05) is 18.8 Å². The summed E-state index contributed by atoms with van der Waals surface area (Å²) in [6, 6.07) is 0. The second-order valence-electron chi connectivity index (χ2n) is 3.20. The first-order chi connectivity index (χ1) is 5.68. The lowest BCUT2D eigenvalue weighted by atomic mass is 10.00. The van der Waals surface area contributed by atoms with Gasteiger partial charge in [0.1, 0.15) is 0 Å². The third-order valence-corrected chi connectivity index (χ3v) is 1.95. The van der Waals surface area contributed by atoms with E-state index in [0.717, 1.165) is 19.6 Å². The number of aliphatic hydroxyl groups excluding tert-OH is 1. The largest absolute Gasteiger partial charge is 0.394 e. The first kappa shape index (κ1) is 11.9. The van der Waals surface area contributed by atoms with Crippen LogP contribution in [0.5, 0.6) is 0 Å². The summed E-state index contributed by atoms with van der Waals surface area (Å²) in [4.78, 5) is 0. The fourth-order valence-electron chi connectivity index (χ4n) is 1.09. The van der Waals surface area contributed by atoms with Gasteiger partial charge < -0.3 is 15.2 Å². The third-order valence-electron chi connectivity index (χ3n) is 1.95. The Kier molecular flexibility index (Phi) is 6.34. The first-order valence-electron chi connectivity index (χ1n) is 4.62. The number of hydrogen-bond acceptors (Lipinski definition) is 3. The van der Waals surface area contributed by atoms with E-state index in [9.17, 15) is 0 Å². The van der Waals surface area contributed by atoms with Crippen LogP contribution < -0.4 is 5.32 Å². The highest BCUT2D eigenvalue weighted by Crippen LogP contribution is 2.07. The number of ether oxygens (including phenoxy) is 1. The zero-order chi connectivity index (χ0) is 9.45. The minimum atomic E-state index is -0.177.